The molecule has 180 valence electrons. The van der Waals surface area contributed by atoms with Gasteiger partial charge in [0.1, 0.15) is 18.1 Å². The molecule has 1 heterocycles. The molecular formula is C26H29NO6S. The highest BCUT2D eigenvalue weighted by Crippen LogP contribution is 2.37. The summed E-state index contributed by atoms with van der Waals surface area (Å²) in [6, 6.07) is 13.6. The summed E-state index contributed by atoms with van der Waals surface area (Å²) in [7, 11) is -3.96. The summed E-state index contributed by atoms with van der Waals surface area (Å²) in [5.41, 5.74) is 3.96. The van der Waals surface area contributed by atoms with E-state index in [0.717, 1.165) is 28.3 Å². The lowest BCUT2D eigenvalue weighted by atomic mass is 10.1. The van der Waals surface area contributed by atoms with E-state index in [1.165, 1.54) is 16.4 Å². The number of nitrogens with zero attached hydrogens (tertiary/aromatic N) is 1. The van der Waals surface area contributed by atoms with Crippen LogP contribution in [0.1, 0.15) is 41.9 Å². The molecule has 0 atom stereocenters. The van der Waals surface area contributed by atoms with E-state index in [0.29, 0.717) is 17.2 Å². The number of aryl methyl sites for hydroxylation is 3. The van der Waals surface area contributed by atoms with Gasteiger partial charge in [-0.25, -0.2) is 4.79 Å². The molecule has 0 unspecified atom stereocenters. The monoisotopic (exact) mass is 483 g/mol. The highest BCUT2D eigenvalue weighted by molar-refractivity contribution is 7.92. The zero-order valence-electron chi connectivity index (χ0n) is 19.9. The molecule has 1 N–H and O–H groups in total. The minimum Gasteiger partial charge on any atom is -0.487 e. The van der Waals surface area contributed by atoms with Crippen LogP contribution < -0.4 is 9.04 Å². The van der Waals surface area contributed by atoms with E-state index in [9.17, 15) is 13.2 Å². The Balaban J connectivity index is 1.95. The average molecular weight is 484 g/mol. The second-order valence-corrected chi connectivity index (χ2v) is 10.1. The Morgan fingerprint density at radius 3 is 2.26 bits per heavy atom. The molecule has 0 amide bonds. The van der Waals surface area contributed by atoms with Crippen LogP contribution in [0.3, 0.4) is 0 Å². The van der Waals surface area contributed by atoms with E-state index in [1.54, 1.807) is 39.0 Å². The fourth-order valence-corrected chi connectivity index (χ4v) is 5.08. The number of hydrogen-bond donors (Lipinski definition) is 1. The van der Waals surface area contributed by atoms with Crippen LogP contribution in [0.25, 0.3) is 6.08 Å². The van der Waals surface area contributed by atoms with E-state index in [-0.39, 0.29) is 17.7 Å². The first-order valence-electron chi connectivity index (χ1n) is 10.8. The zero-order valence-corrected chi connectivity index (χ0v) is 20.7. The van der Waals surface area contributed by atoms with Crippen LogP contribution in [-0.2, 0) is 21.4 Å². The van der Waals surface area contributed by atoms with Crippen molar-refractivity contribution in [2.45, 2.75) is 52.4 Å². The van der Waals surface area contributed by atoms with Gasteiger partial charge in [0.25, 0.3) is 10.0 Å². The van der Waals surface area contributed by atoms with Crippen molar-refractivity contribution in [1.29, 1.82) is 0 Å². The summed E-state index contributed by atoms with van der Waals surface area (Å²) in [5.74, 6) is -0.0527. The van der Waals surface area contributed by atoms with Crippen LogP contribution in [0.5, 0.6) is 5.75 Å². The van der Waals surface area contributed by atoms with Crippen molar-refractivity contribution in [2.24, 2.45) is 0 Å². The maximum Gasteiger partial charge on any atom is 0.328 e. The quantitative estimate of drug-likeness (QED) is 0.405. The number of ether oxygens (including phenoxy) is 1. The lowest BCUT2D eigenvalue weighted by Gasteiger charge is -2.29. The number of rotatable bonds is 9. The maximum atomic E-state index is 13.5. The van der Waals surface area contributed by atoms with Crippen molar-refractivity contribution in [3.05, 3.63) is 82.6 Å². The standard InChI is InChI=1S/C26H29NO6S/c1-17(2)27(34(30,31)26-13-6-20(5)33-26)23-14-18(3)19(4)15-24(23)32-16-22-9-7-21(8-10-22)11-12-25(28)29/h6-15,17H,16H2,1-5H3,(H,28,29). The van der Waals surface area contributed by atoms with Crippen molar-refractivity contribution >= 4 is 27.8 Å². The molecule has 0 spiro atoms. The van der Waals surface area contributed by atoms with Gasteiger partial charge in [-0.1, -0.05) is 24.3 Å². The van der Waals surface area contributed by atoms with Crippen molar-refractivity contribution < 1.29 is 27.5 Å². The number of carbonyl (C=O) groups is 1. The smallest absolute Gasteiger partial charge is 0.328 e. The summed E-state index contributed by atoms with van der Waals surface area (Å²) in [6.07, 6.45) is 2.59. The Hall–Kier alpha value is -3.52. The minimum atomic E-state index is -3.96. The number of sulfonamides is 1. The van der Waals surface area contributed by atoms with E-state index >= 15 is 0 Å². The molecule has 0 saturated carbocycles. The van der Waals surface area contributed by atoms with Crippen LogP contribution in [0.15, 0.2) is 64.1 Å². The van der Waals surface area contributed by atoms with Crippen LogP contribution in [0.2, 0.25) is 0 Å². The van der Waals surface area contributed by atoms with E-state index < -0.39 is 16.0 Å². The van der Waals surface area contributed by atoms with Gasteiger partial charge in [-0.15, -0.1) is 0 Å². The first-order chi connectivity index (χ1) is 16.0. The van der Waals surface area contributed by atoms with Gasteiger partial charge in [0.05, 0.1) is 5.69 Å². The van der Waals surface area contributed by atoms with Crippen LogP contribution in [0.4, 0.5) is 5.69 Å². The fourth-order valence-electron chi connectivity index (χ4n) is 3.45. The fraction of sp³-hybridized carbons (Fsp3) is 0.269. The maximum absolute atomic E-state index is 13.5. The third kappa shape index (κ3) is 5.69. The Morgan fingerprint density at radius 1 is 1.06 bits per heavy atom. The zero-order chi connectivity index (χ0) is 25.0. The van der Waals surface area contributed by atoms with Crippen molar-refractivity contribution in [1.82, 2.24) is 0 Å². The van der Waals surface area contributed by atoms with Gasteiger partial charge >= 0.3 is 5.97 Å². The van der Waals surface area contributed by atoms with Crippen molar-refractivity contribution in [3.63, 3.8) is 0 Å². The number of benzene rings is 2. The summed E-state index contributed by atoms with van der Waals surface area (Å²) in [5, 5.41) is 8.65. The lowest BCUT2D eigenvalue weighted by molar-refractivity contribution is -0.131. The van der Waals surface area contributed by atoms with Gasteiger partial charge in [-0.2, -0.15) is 8.42 Å². The Morgan fingerprint density at radius 2 is 1.71 bits per heavy atom. The van der Waals surface area contributed by atoms with Crippen LogP contribution in [0, 0.1) is 20.8 Å². The lowest BCUT2D eigenvalue weighted by Crippen LogP contribution is -2.37. The molecule has 3 rings (SSSR count). The Labute approximate surface area is 200 Å². The number of anilines is 1. The number of carboxylic acids is 1. The molecule has 0 aliphatic rings. The van der Waals surface area contributed by atoms with Crippen LogP contribution >= 0.6 is 0 Å². The predicted octanol–water partition coefficient (Wildman–Crippen LogP) is 5.49. The van der Waals surface area contributed by atoms with Crippen molar-refractivity contribution in [3.8, 4) is 5.75 Å². The van der Waals surface area contributed by atoms with E-state index in [4.69, 9.17) is 14.3 Å². The minimum absolute atomic E-state index is 0.118. The molecule has 7 nitrogen and oxygen atoms in total. The highest BCUT2D eigenvalue weighted by Gasteiger charge is 2.32. The Bertz CT molecular complexity index is 1300. The molecular weight excluding hydrogens is 454 g/mol. The largest absolute Gasteiger partial charge is 0.487 e. The van der Waals surface area contributed by atoms with Gasteiger partial charge < -0.3 is 14.3 Å². The van der Waals surface area contributed by atoms with Gasteiger partial charge in [-0.3, -0.25) is 4.31 Å². The predicted molar refractivity (Wildman–Crippen MR) is 132 cm³/mol. The molecule has 34 heavy (non-hydrogen) atoms. The van der Waals surface area contributed by atoms with E-state index in [2.05, 4.69) is 0 Å². The van der Waals surface area contributed by atoms with Gasteiger partial charge in [0, 0.05) is 12.1 Å². The average Bonchev–Trinajstić information content (AvgIpc) is 3.21. The molecule has 0 bridgehead atoms. The molecule has 3 aromatic rings. The number of furan rings is 1. The molecule has 0 radical (unpaired) electrons. The molecule has 2 aromatic carbocycles. The third-order valence-electron chi connectivity index (χ3n) is 5.30. The third-order valence-corrected chi connectivity index (χ3v) is 7.17. The first kappa shape index (κ1) is 25.1. The number of hydrogen-bond acceptors (Lipinski definition) is 5. The summed E-state index contributed by atoms with van der Waals surface area (Å²) in [6.45, 7) is 9.38. The summed E-state index contributed by atoms with van der Waals surface area (Å²) in [4.78, 5) is 10.7. The topological polar surface area (TPSA) is 97.0 Å². The normalized spacial score (nSPS) is 11.8. The number of carboxylic acid groups (broad SMARTS) is 1. The van der Waals surface area contributed by atoms with Gasteiger partial charge in [0.2, 0.25) is 5.09 Å². The Kier molecular flexibility index (Phi) is 7.51. The SMILES string of the molecule is Cc1ccc(S(=O)(=O)N(c2cc(C)c(C)cc2OCc2ccc(C=CC(=O)O)cc2)C(C)C)o1. The molecule has 0 fully saturated rings. The van der Waals surface area contributed by atoms with Crippen molar-refractivity contribution in [2.75, 3.05) is 4.31 Å². The molecule has 0 saturated heterocycles. The van der Waals surface area contributed by atoms with Crippen LogP contribution in [-0.4, -0.2) is 25.5 Å². The van der Waals surface area contributed by atoms with E-state index in [1.807, 2.05) is 38.1 Å². The molecule has 0 aliphatic carbocycles. The second kappa shape index (κ2) is 10.2. The van der Waals surface area contributed by atoms with Gasteiger partial charge in [-0.05, 0) is 87.2 Å². The number of aliphatic carboxylic acids is 1. The second-order valence-electron chi connectivity index (χ2n) is 8.37. The summed E-state index contributed by atoms with van der Waals surface area (Å²) < 4.78 is 39.9. The highest BCUT2D eigenvalue weighted by atomic mass is 32.2. The first-order valence-corrected chi connectivity index (χ1v) is 12.3. The molecule has 8 heteroatoms. The molecule has 1 aromatic heterocycles. The summed E-state index contributed by atoms with van der Waals surface area (Å²) >= 11 is 0. The van der Waals surface area contributed by atoms with Gasteiger partial charge in [0.15, 0.2) is 0 Å². The molecule has 0 aliphatic heterocycles.